The van der Waals surface area contributed by atoms with Crippen LogP contribution >= 0.6 is 0 Å². The number of carbonyl (C=O) groups excluding carboxylic acids is 1. The average Bonchev–Trinajstić information content (AvgIpc) is 3.26. The first-order valence-electron chi connectivity index (χ1n) is 9.88. The molecule has 1 aliphatic heterocycles. The Morgan fingerprint density at radius 3 is 2.58 bits per heavy atom. The van der Waals surface area contributed by atoms with Crippen molar-refractivity contribution in [1.29, 1.82) is 0 Å². The molecule has 0 fully saturated rings. The van der Waals surface area contributed by atoms with Crippen LogP contribution in [0.3, 0.4) is 0 Å². The molecular formula is C25H19NO5. The van der Waals surface area contributed by atoms with Gasteiger partial charge >= 0.3 is 0 Å². The van der Waals surface area contributed by atoms with Gasteiger partial charge in [0.2, 0.25) is 6.79 Å². The van der Waals surface area contributed by atoms with Gasteiger partial charge in [0.25, 0.3) is 5.91 Å². The van der Waals surface area contributed by atoms with E-state index in [2.05, 4.69) is 5.32 Å². The number of nitrogens with one attached hydrogen (secondary N) is 1. The molecule has 1 N–H and O–H groups in total. The highest BCUT2D eigenvalue weighted by Gasteiger charge is 2.14. The molecule has 0 bridgehead atoms. The van der Waals surface area contributed by atoms with Crippen LogP contribution in [-0.2, 0) is 6.54 Å². The van der Waals surface area contributed by atoms with Crippen LogP contribution in [0.4, 0.5) is 0 Å². The number of hydrogen-bond acceptors (Lipinski definition) is 5. The summed E-state index contributed by atoms with van der Waals surface area (Å²) in [6.45, 7) is 2.52. The normalized spacial score (nSPS) is 12.2. The zero-order valence-corrected chi connectivity index (χ0v) is 16.8. The predicted molar refractivity (Wildman–Crippen MR) is 116 cm³/mol. The summed E-state index contributed by atoms with van der Waals surface area (Å²) in [6.07, 6.45) is 0. The lowest BCUT2D eigenvalue weighted by Gasteiger charge is -2.08. The van der Waals surface area contributed by atoms with Gasteiger partial charge in [-0.05, 0) is 48.9 Å². The van der Waals surface area contributed by atoms with E-state index in [1.54, 1.807) is 30.3 Å². The van der Waals surface area contributed by atoms with Gasteiger partial charge in [0.05, 0.1) is 5.39 Å². The van der Waals surface area contributed by atoms with Crippen LogP contribution in [0.5, 0.6) is 11.5 Å². The zero-order valence-electron chi connectivity index (χ0n) is 16.8. The summed E-state index contributed by atoms with van der Waals surface area (Å²) in [5, 5.41) is 3.45. The number of amides is 1. The highest BCUT2D eigenvalue weighted by Crippen LogP contribution is 2.32. The summed E-state index contributed by atoms with van der Waals surface area (Å²) in [7, 11) is 0. The van der Waals surface area contributed by atoms with Crippen LogP contribution in [0.1, 0.15) is 21.5 Å². The van der Waals surface area contributed by atoms with Crippen molar-refractivity contribution in [3.8, 4) is 22.8 Å². The molecule has 0 radical (unpaired) electrons. The summed E-state index contributed by atoms with van der Waals surface area (Å²) in [5.74, 6) is 1.66. The van der Waals surface area contributed by atoms with Gasteiger partial charge in [0.1, 0.15) is 11.3 Å². The number of rotatable bonds is 4. The van der Waals surface area contributed by atoms with Gasteiger partial charge in [0.15, 0.2) is 16.9 Å². The number of hydrogen-bond donors (Lipinski definition) is 1. The van der Waals surface area contributed by atoms with Crippen LogP contribution in [0.15, 0.2) is 75.9 Å². The van der Waals surface area contributed by atoms with Gasteiger partial charge in [-0.15, -0.1) is 0 Å². The number of ether oxygens (including phenoxy) is 2. The molecule has 0 saturated carbocycles. The molecule has 0 unspecified atom stereocenters. The maximum Gasteiger partial charge on any atom is 0.251 e. The van der Waals surface area contributed by atoms with E-state index in [-0.39, 0.29) is 18.1 Å². The van der Waals surface area contributed by atoms with Gasteiger partial charge in [-0.1, -0.05) is 29.8 Å². The topological polar surface area (TPSA) is 77.8 Å². The van der Waals surface area contributed by atoms with Gasteiger partial charge < -0.3 is 19.2 Å². The Balaban J connectivity index is 1.31. The van der Waals surface area contributed by atoms with Gasteiger partial charge in [0, 0.05) is 23.7 Å². The minimum atomic E-state index is -0.195. The lowest BCUT2D eigenvalue weighted by molar-refractivity contribution is 0.0951. The Labute approximate surface area is 178 Å². The summed E-state index contributed by atoms with van der Waals surface area (Å²) < 4.78 is 16.6. The van der Waals surface area contributed by atoms with Crippen LogP contribution in [0, 0.1) is 6.92 Å². The van der Waals surface area contributed by atoms with Crippen LogP contribution < -0.4 is 20.2 Å². The molecule has 6 nitrogen and oxygen atoms in total. The molecule has 6 heteroatoms. The standard InChI is InChI=1S/C25H19NO5/c1-15-2-8-21-19(10-15)20(27)12-23(31-21)17-4-6-18(7-5-17)25(28)26-13-16-3-9-22-24(11-16)30-14-29-22/h2-12H,13-14H2,1H3,(H,26,28). The van der Waals surface area contributed by atoms with Crippen molar-refractivity contribution < 1.29 is 18.7 Å². The van der Waals surface area contributed by atoms with Crippen LogP contribution in [0.2, 0.25) is 0 Å². The predicted octanol–water partition coefficient (Wildman–Crippen LogP) is 4.43. The largest absolute Gasteiger partial charge is 0.456 e. The number of benzene rings is 3. The molecule has 154 valence electrons. The Kier molecular flexibility index (Phi) is 4.67. The second-order valence-corrected chi connectivity index (χ2v) is 7.42. The molecule has 4 aromatic rings. The fourth-order valence-corrected chi connectivity index (χ4v) is 3.53. The van der Waals surface area contributed by atoms with Crippen molar-refractivity contribution in [2.45, 2.75) is 13.5 Å². The summed E-state index contributed by atoms with van der Waals surface area (Å²) in [6, 6.07) is 19.5. The first kappa shape index (κ1) is 18.9. The molecule has 31 heavy (non-hydrogen) atoms. The highest BCUT2D eigenvalue weighted by molar-refractivity contribution is 5.94. The summed E-state index contributed by atoms with van der Waals surface area (Å²) in [4.78, 5) is 25.0. The Morgan fingerprint density at radius 2 is 1.74 bits per heavy atom. The molecule has 0 spiro atoms. The van der Waals surface area contributed by atoms with Crippen LogP contribution in [0.25, 0.3) is 22.3 Å². The lowest BCUT2D eigenvalue weighted by Crippen LogP contribution is -2.22. The van der Waals surface area contributed by atoms with E-state index in [0.717, 1.165) is 16.7 Å². The molecule has 1 aromatic heterocycles. The second kappa shape index (κ2) is 7.65. The van der Waals surface area contributed by atoms with Crippen molar-refractivity contribution >= 4 is 16.9 Å². The fraction of sp³-hybridized carbons (Fsp3) is 0.120. The minimum absolute atomic E-state index is 0.0921. The maximum atomic E-state index is 12.5. The molecule has 1 aliphatic rings. The third kappa shape index (κ3) is 3.75. The van der Waals surface area contributed by atoms with Crippen molar-refractivity contribution in [2.75, 3.05) is 6.79 Å². The van der Waals surface area contributed by atoms with E-state index in [4.69, 9.17) is 13.9 Å². The van der Waals surface area contributed by atoms with E-state index >= 15 is 0 Å². The van der Waals surface area contributed by atoms with E-state index in [0.29, 0.717) is 40.3 Å². The number of fused-ring (bicyclic) bond motifs is 2. The average molecular weight is 413 g/mol. The first-order chi connectivity index (χ1) is 15.1. The molecule has 0 aliphatic carbocycles. The first-order valence-corrected chi connectivity index (χ1v) is 9.88. The Morgan fingerprint density at radius 1 is 0.935 bits per heavy atom. The number of aryl methyl sites for hydroxylation is 1. The van der Waals surface area contributed by atoms with Crippen molar-refractivity contribution in [3.63, 3.8) is 0 Å². The van der Waals surface area contributed by atoms with Crippen LogP contribution in [-0.4, -0.2) is 12.7 Å². The third-order valence-electron chi connectivity index (χ3n) is 5.20. The molecule has 0 atom stereocenters. The van der Waals surface area contributed by atoms with E-state index < -0.39 is 0 Å². The van der Waals surface area contributed by atoms with Crippen molar-refractivity contribution in [3.05, 3.63) is 93.6 Å². The molecule has 3 aromatic carbocycles. The van der Waals surface area contributed by atoms with Crippen molar-refractivity contribution in [1.82, 2.24) is 5.32 Å². The van der Waals surface area contributed by atoms with E-state index in [1.165, 1.54) is 6.07 Å². The fourth-order valence-electron chi connectivity index (χ4n) is 3.53. The smallest absolute Gasteiger partial charge is 0.251 e. The van der Waals surface area contributed by atoms with Gasteiger partial charge in [-0.25, -0.2) is 0 Å². The lowest BCUT2D eigenvalue weighted by atomic mass is 10.1. The van der Waals surface area contributed by atoms with Gasteiger partial charge in [-0.3, -0.25) is 9.59 Å². The monoisotopic (exact) mass is 413 g/mol. The summed E-state index contributed by atoms with van der Waals surface area (Å²) in [5.41, 5.74) is 3.62. The Hall–Kier alpha value is -4.06. The molecule has 2 heterocycles. The zero-order chi connectivity index (χ0) is 21.4. The van der Waals surface area contributed by atoms with Gasteiger partial charge in [-0.2, -0.15) is 0 Å². The number of carbonyl (C=O) groups is 1. The highest BCUT2D eigenvalue weighted by atomic mass is 16.7. The Bertz CT molecular complexity index is 1350. The van der Waals surface area contributed by atoms with E-state index in [1.807, 2.05) is 37.3 Å². The van der Waals surface area contributed by atoms with E-state index in [9.17, 15) is 9.59 Å². The minimum Gasteiger partial charge on any atom is -0.456 e. The maximum absolute atomic E-state index is 12.5. The third-order valence-corrected chi connectivity index (χ3v) is 5.20. The van der Waals surface area contributed by atoms with Crippen molar-refractivity contribution in [2.24, 2.45) is 0 Å². The second-order valence-electron chi connectivity index (χ2n) is 7.42. The molecular weight excluding hydrogens is 394 g/mol. The SMILES string of the molecule is Cc1ccc2oc(-c3ccc(C(=O)NCc4ccc5c(c4)OCO5)cc3)cc(=O)c2c1. The quantitative estimate of drug-likeness (QED) is 0.536. The molecule has 5 rings (SSSR count). The summed E-state index contributed by atoms with van der Waals surface area (Å²) >= 11 is 0. The molecule has 0 saturated heterocycles. The molecule has 1 amide bonds.